The van der Waals surface area contributed by atoms with Crippen LogP contribution in [0.25, 0.3) is 0 Å². The van der Waals surface area contributed by atoms with Crippen molar-refractivity contribution in [3.8, 4) is 5.75 Å². The smallest absolute Gasteiger partial charge is 0.119 e. The lowest BCUT2D eigenvalue weighted by Crippen LogP contribution is -2.34. The predicted octanol–water partition coefficient (Wildman–Crippen LogP) is 2.90. The van der Waals surface area contributed by atoms with Gasteiger partial charge < -0.3 is 15.2 Å². The number of aliphatic hydroxyl groups excluding tert-OH is 1. The van der Waals surface area contributed by atoms with Crippen LogP contribution in [-0.4, -0.2) is 24.3 Å². The molecule has 0 saturated heterocycles. The van der Waals surface area contributed by atoms with Crippen molar-refractivity contribution in [2.75, 3.05) is 13.2 Å². The van der Waals surface area contributed by atoms with Crippen LogP contribution in [0.4, 0.5) is 0 Å². The zero-order chi connectivity index (χ0) is 13.4. The molecule has 2 N–H and O–H groups in total. The molecule has 3 heteroatoms. The first kappa shape index (κ1) is 15.0. The van der Waals surface area contributed by atoms with Crippen molar-refractivity contribution in [3.05, 3.63) is 29.8 Å². The van der Waals surface area contributed by atoms with Gasteiger partial charge in [0.15, 0.2) is 0 Å². The van der Waals surface area contributed by atoms with Gasteiger partial charge in [0.2, 0.25) is 0 Å². The topological polar surface area (TPSA) is 41.5 Å². The summed E-state index contributed by atoms with van der Waals surface area (Å²) in [7, 11) is 0. The second-order valence-electron chi connectivity index (χ2n) is 4.42. The minimum atomic E-state index is -0.461. The zero-order valence-electron chi connectivity index (χ0n) is 11.6. The molecule has 3 nitrogen and oxygen atoms in total. The largest absolute Gasteiger partial charge is 0.494 e. The highest BCUT2D eigenvalue weighted by molar-refractivity contribution is 5.29. The van der Waals surface area contributed by atoms with Gasteiger partial charge in [0.05, 0.1) is 12.7 Å². The molecule has 0 heterocycles. The first-order valence-electron chi connectivity index (χ1n) is 6.87. The molecule has 1 aromatic carbocycles. The SMILES string of the molecule is CCCNC(CC)C(O)c1ccc(OCC)cc1. The van der Waals surface area contributed by atoms with E-state index >= 15 is 0 Å². The Kier molecular flexibility index (Phi) is 6.76. The summed E-state index contributed by atoms with van der Waals surface area (Å²) in [4.78, 5) is 0. The van der Waals surface area contributed by atoms with Crippen molar-refractivity contribution >= 4 is 0 Å². The number of hydrogen-bond donors (Lipinski definition) is 2. The van der Waals surface area contributed by atoms with Gasteiger partial charge in [0.25, 0.3) is 0 Å². The number of aliphatic hydroxyl groups is 1. The lowest BCUT2D eigenvalue weighted by Gasteiger charge is -2.23. The molecule has 0 aliphatic heterocycles. The van der Waals surface area contributed by atoms with E-state index in [9.17, 15) is 5.11 Å². The van der Waals surface area contributed by atoms with Crippen molar-refractivity contribution < 1.29 is 9.84 Å². The van der Waals surface area contributed by atoms with Gasteiger partial charge in [0.1, 0.15) is 5.75 Å². The number of rotatable bonds is 8. The molecule has 0 amide bonds. The van der Waals surface area contributed by atoms with E-state index in [0.29, 0.717) is 6.61 Å². The molecule has 0 saturated carbocycles. The number of benzene rings is 1. The van der Waals surface area contributed by atoms with E-state index in [0.717, 1.165) is 30.7 Å². The van der Waals surface area contributed by atoms with Crippen molar-refractivity contribution in [1.82, 2.24) is 5.32 Å². The van der Waals surface area contributed by atoms with Crippen LogP contribution in [0.1, 0.15) is 45.3 Å². The van der Waals surface area contributed by atoms with E-state index in [4.69, 9.17) is 4.74 Å². The normalized spacial score (nSPS) is 14.2. The van der Waals surface area contributed by atoms with E-state index in [1.165, 1.54) is 0 Å². The molecule has 0 fully saturated rings. The Balaban J connectivity index is 2.65. The summed E-state index contributed by atoms with van der Waals surface area (Å²) < 4.78 is 5.40. The van der Waals surface area contributed by atoms with Crippen LogP contribution >= 0.6 is 0 Å². The molecule has 2 atom stereocenters. The Hall–Kier alpha value is -1.06. The Morgan fingerprint density at radius 1 is 1.17 bits per heavy atom. The fraction of sp³-hybridized carbons (Fsp3) is 0.600. The molecular weight excluding hydrogens is 226 g/mol. The third-order valence-corrected chi connectivity index (χ3v) is 3.01. The van der Waals surface area contributed by atoms with Crippen molar-refractivity contribution in [2.24, 2.45) is 0 Å². The van der Waals surface area contributed by atoms with Gasteiger partial charge in [-0.15, -0.1) is 0 Å². The number of hydrogen-bond acceptors (Lipinski definition) is 3. The van der Waals surface area contributed by atoms with Gasteiger partial charge in [-0.3, -0.25) is 0 Å². The number of nitrogens with one attached hydrogen (secondary N) is 1. The van der Waals surface area contributed by atoms with E-state index in [1.54, 1.807) is 0 Å². The van der Waals surface area contributed by atoms with Crippen LogP contribution in [-0.2, 0) is 0 Å². The second-order valence-corrected chi connectivity index (χ2v) is 4.42. The van der Waals surface area contributed by atoms with Crippen LogP contribution in [0.3, 0.4) is 0 Å². The highest BCUT2D eigenvalue weighted by Gasteiger charge is 2.18. The Morgan fingerprint density at radius 2 is 1.83 bits per heavy atom. The minimum Gasteiger partial charge on any atom is -0.494 e. The molecule has 0 aromatic heterocycles. The molecule has 2 unspecified atom stereocenters. The van der Waals surface area contributed by atoms with Crippen LogP contribution < -0.4 is 10.1 Å². The standard InChI is InChI=1S/C15H25NO2/c1-4-11-16-14(5-2)15(17)12-7-9-13(10-8-12)18-6-3/h7-10,14-17H,4-6,11H2,1-3H3. The van der Waals surface area contributed by atoms with Crippen molar-refractivity contribution in [3.63, 3.8) is 0 Å². The average Bonchev–Trinajstić information content (AvgIpc) is 2.40. The molecule has 0 aliphatic rings. The van der Waals surface area contributed by atoms with Crippen LogP contribution in [0.2, 0.25) is 0 Å². The van der Waals surface area contributed by atoms with Crippen molar-refractivity contribution in [1.29, 1.82) is 0 Å². The molecule has 0 spiro atoms. The van der Waals surface area contributed by atoms with Crippen LogP contribution in [0.15, 0.2) is 24.3 Å². The van der Waals surface area contributed by atoms with Gasteiger partial charge in [-0.1, -0.05) is 26.0 Å². The van der Waals surface area contributed by atoms with E-state index < -0.39 is 6.10 Å². The molecule has 18 heavy (non-hydrogen) atoms. The van der Waals surface area contributed by atoms with Crippen molar-refractivity contribution in [2.45, 2.75) is 45.8 Å². The average molecular weight is 251 g/mol. The number of ether oxygens (including phenoxy) is 1. The fourth-order valence-electron chi connectivity index (χ4n) is 1.97. The summed E-state index contributed by atoms with van der Waals surface area (Å²) in [6.45, 7) is 7.78. The van der Waals surface area contributed by atoms with Gasteiger partial charge in [0, 0.05) is 6.04 Å². The maximum atomic E-state index is 10.3. The third kappa shape index (κ3) is 4.31. The van der Waals surface area contributed by atoms with Crippen LogP contribution in [0.5, 0.6) is 5.75 Å². The van der Waals surface area contributed by atoms with Crippen LogP contribution in [0, 0.1) is 0 Å². The van der Waals surface area contributed by atoms with Gasteiger partial charge in [-0.05, 0) is 44.0 Å². The van der Waals surface area contributed by atoms with E-state index in [-0.39, 0.29) is 6.04 Å². The fourth-order valence-corrected chi connectivity index (χ4v) is 1.97. The highest BCUT2D eigenvalue weighted by Crippen LogP contribution is 2.21. The first-order chi connectivity index (χ1) is 8.72. The summed E-state index contributed by atoms with van der Waals surface area (Å²) in [5, 5.41) is 13.7. The maximum Gasteiger partial charge on any atom is 0.119 e. The second kappa shape index (κ2) is 8.11. The quantitative estimate of drug-likeness (QED) is 0.746. The zero-order valence-corrected chi connectivity index (χ0v) is 11.6. The molecule has 102 valence electrons. The summed E-state index contributed by atoms with van der Waals surface area (Å²) in [5.41, 5.74) is 0.939. The van der Waals surface area contributed by atoms with Gasteiger partial charge in [-0.25, -0.2) is 0 Å². The summed E-state index contributed by atoms with van der Waals surface area (Å²) in [6, 6.07) is 7.81. The summed E-state index contributed by atoms with van der Waals surface area (Å²) in [5.74, 6) is 0.850. The Labute approximate surface area is 110 Å². The lowest BCUT2D eigenvalue weighted by atomic mass is 10.00. The van der Waals surface area contributed by atoms with Gasteiger partial charge >= 0.3 is 0 Å². The lowest BCUT2D eigenvalue weighted by molar-refractivity contribution is 0.126. The summed E-state index contributed by atoms with van der Waals surface area (Å²) >= 11 is 0. The highest BCUT2D eigenvalue weighted by atomic mass is 16.5. The minimum absolute atomic E-state index is 0.114. The molecular formula is C15H25NO2. The molecule has 0 aliphatic carbocycles. The molecule has 0 radical (unpaired) electrons. The monoisotopic (exact) mass is 251 g/mol. The third-order valence-electron chi connectivity index (χ3n) is 3.01. The van der Waals surface area contributed by atoms with E-state index in [1.807, 2.05) is 31.2 Å². The summed E-state index contributed by atoms with van der Waals surface area (Å²) in [6.07, 6.45) is 1.53. The Morgan fingerprint density at radius 3 is 2.33 bits per heavy atom. The van der Waals surface area contributed by atoms with Gasteiger partial charge in [-0.2, -0.15) is 0 Å². The molecule has 0 bridgehead atoms. The predicted molar refractivity (Wildman–Crippen MR) is 74.9 cm³/mol. The Bertz CT molecular complexity index is 324. The molecule has 1 aromatic rings. The van der Waals surface area contributed by atoms with E-state index in [2.05, 4.69) is 19.2 Å². The molecule has 1 rings (SSSR count). The first-order valence-corrected chi connectivity index (χ1v) is 6.87. The maximum absolute atomic E-state index is 10.3.